The minimum absolute atomic E-state index is 0.758. The standard InChI is InChI=1S/C12H13ClN2S/c1-8-3-4-10(13)5-12(8)15-7-11-6-14-9(2)16-11/h3-6,15H,7H2,1-2H3. The molecule has 0 aliphatic rings. The zero-order chi connectivity index (χ0) is 11.5. The molecule has 2 aromatic rings. The molecule has 0 fully saturated rings. The quantitative estimate of drug-likeness (QED) is 0.892. The number of aryl methyl sites for hydroxylation is 2. The molecule has 1 N–H and O–H groups in total. The molecular formula is C12H13ClN2S. The van der Waals surface area contributed by atoms with Gasteiger partial charge in [-0.2, -0.15) is 0 Å². The summed E-state index contributed by atoms with van der Waals surface area (Å²) in [6.45, 7) is 4.88. The molecule has 0 unspecified atom stereocenters. The van der Waals surface area contributed by atoms with Gasteiger partial charge in [-0.1, -0.05) is 17.7 Å². The normalized spacial score (nSPS) is 10.4. The van der Waals surface area contributed by atoms with Crippen molar-refractivity contribution in [3.05, 3.63) is 44.9 Å². The summed E-state index contributed by atoms with van der Waals surface area (Å²) in [5, 5.41) is 5.22. The van der Waals surface area contributed by atoms with E-state index in [1.54, 1.807) is 11.3 Å². The third-order valence-electron chi connectivity index (χ3n) is 2.32. The molecule has 1 aromatic carbocycles. The first kappa shape index (κ1) is 11.4. The van der Waals surface area contributed by atoms with Crippen molar-refractivity contribution < 1.29 is 0 Å². The minimum atomic E-state index is 0.758. The summed E-state index contributed by atoms with van der Waals surface area (Å²) in [7, 11) is 0. The number of nitrogens with zero attached hydrogens (tertiary/aromatic N) is 1. The van der Waals surface area contributed by atoms with Gasteiger partial charge in [0.25, 0.3) is 0 Å². The Balaban J connectivity index is 2.07. The van der Waals surface area contributed by atoms with Crippen molar-refractivity contribution >= 4 is 28.6 Å². The smallest absolute Gasteiger partial charge is 0.0897 e. The average molecular weight is 253 g/mol. The molecule has 0 atom stereocenters. The first-order valence-electron chi connectivity index (χ1n) is 5.06. The molecule has 2 rings (SSSR count). The maximum absolute atomic E-state index is 5.95. The summed E-state index contributed by atoms with van der Waals surface area (Å²) in [4.78, 5) is 5.45. The average Bonchev–Trinajstić information content (AvgIpc) is 2.66. The van der Waals surface area contributed by atoms with Crippen LogP contribution in [0, 0.1) is 13.8 Å². The van der Waals surface area contributed by atoms with Crippen LogP contribution < -0.4 is 5.32 Å². The maximum Gasteiger partial charge on any atom is 0.0897 e. The highest BCUT2D eigenvalue weighted by molar-refractivity contribution is 7.11. The van der Waals surface area contributed by atoms with Crippen molar-refractivity contribution in [2.75, 3.05) is 5.32 Å². The van der Waals surface area contributed by atoms with Crippen LogP contribution in [0.3, 0.4) is 0 Å². The molecule has 84 valence electrons. The Kier molecular flexibility index (Phi) is 3.46. The van der Waals surface area contributed by atoms with Gasteiger partial charge in [0.1, 0.15) is 0 Å². The second-order valence-corrected chi connectivity index (χ2v) is 5.41. The van der Waals surface area contributed by atoms with Crippen LogP contribution in [0.4, 0.5) is 5.69 Å². The molecule has 0 radical (unpaired) electrons. The van der Waals surface area contributed by atoms with Crippen LogP contribution in [0.5, 0.6) is 0 Å². The van der Waals surface area contributed by atoms with E-state index in [0.717, 1.165) is 22.3 Å². The van der Waals surface area contributed by atoms with E-state index in [9.17, 15) is 0 Å². The number of aromatic nitrogens is 1. The lowest BCUT2D eigenvalue weighted by molar-refractivity contribution is 1.16. The van der Waals surface area contributed by atoms with Crippen LogP contribution in [-0.2, 0) is 6.54 Å². The van der Waals surface area contributed by atoms with Crippen molar-refractivity contribution in [1.82, 2.24) is 4.98 Å². The van der Waals surface area contributed by atoms with Gasteiger partial charge in [0.15, 0.2) is 0 Å². The first-order valence-corrected chi connectivity index (χ1v) is 6.26. The molecule has 0 saturated heterocycles. The topological polar surface area (TPSA) is 24.9 Å². The number of hydrogen-bond acceptors (Lipinski definition) is 3. The molecule has 0 bridgehead atoms. The second-order valence-electron chi connectivity index (χ2n) is 3.66. The molecule has 16 heavy (non-hydrogen) atoms. The van der Waals surface area contributed by atoms with Crippen molar-refractivity contribution in [3.63, 3.8) is 0 Å². The van der Waals surface area contributed by atoms with Gasteiger partial charge >= 0.3 is 0 Å². The Labute approximate surface area is 104 Å². The van der Waals surface area contributed by atoms with Gasteiger partial charge in [0, 0.05) is 21.8 Å². The largest absolute Gasteiger partial charge is 0.380 e. The molecule has 4 heteroatoms. The van der Waals surface area contributed by atoms with E-state index in [1.807, 2.05) is 31.3 Å². The summed E-state index contributed by atoms with van der Waals surface area (Å²) < 4.78 is 0. The van der Waals surface area contributed by atoms with E-state index in [1.165, 1.54) is 10.4 Å². The number of anilines is 1. The molecule has 0 amide bonds. The van der Waals surface area contributed by atoms with E-state index < -0.39 is 0 Å². The van der Waals surface area contributed by atoms with E-state index in [4.69, 9.17) is 11.6 Å². The Morgan fingerprint density at radius 2 is 2.19 bits per heavy atom. The fraction of sp³-hybridized carbons (Fsp3) is 0.250. The van der Waals surface area contributed by atoms with Gasteiger partial charge in [-0.3, -0.25) is 0 Å². The monoisotopic (exact) mass is 252 g/mol. The summed E-state index contributed by atoms with van der Waals surface area (Å²) >= 11 is 7.66. The zero-order valence-electron chi connectivity index (χ0n) is 9.25. The van der Waals surface area contributed by atoms with Gasteiger partial charge in [-0.25, -0.2) is 4.98 Å². The van der Waals surface area contributed by atoms with Gasteiger partial charge < -0.3 is 5.32 Å². The van der Waals surface area contributed by atoms with Crippen LogP contribution in [0.2, 0.25) is 5.02 Å². The number of nitrogens with one attached hydrogen (secondary N) is 1. The Morgan fingerprint density at radius 3 is 2.88 bits per heavy atom. The summed E-state index contributed by atoms with van der Waals surface area (Å²) in [5.41, 5.74) is 2.28. The maximum atomic E-state index is 5.95. The number of halogens is 1. The van der Waals surface area contributed by atoms with Gasteiger partial charge in [-0.05, 0) is 31.5 Å². The van der Waals surface area contributed by atoms with Crippen LogP contribution in [-0.4, -0.2) is 4.98 Å². The molecule has 0 aliphatic carbocycles. The van der Waals surface area contributed by atoms with Crippen molar-refractivity contribution in [2.45, 2.75) is 20.4 Å². The van der Waals surface area contributed by atoms with Gasteiger partial charge in [0.2, 0.25) is 0 Å². The predicted molar refractivity (Wildman–Crippen MR) is 70.4 cm³/mol. The molecule has 1 aromatic heterocycles. The number of hydrogen-bond donors (Lipinski definition) is 1. The lowest BCUT2D eigenvalue weighted by Crippen LogP contribution is -1.99. The highest BCUT2D eigenvalue weighted by Crippen LogP contribution is 2.21. The second kappa shape index (κ2) is 4.85. The van der Waals surface area contributed by atoms with E-state index in [-0.39, 0.29) is 0 Å². The fourth-order valence-corrected chi connectivity index (χ4v) is 2.36. The minimum Gasteiger partial charge on any atom is -0.380 e. The van der Waals surface area contributed by atoms with Crippen LogP contribution in [0.1, 0.15) is 15.4 Å². The van der Waals surface area contributed by atoms with E-state index in [2.05, 4.69) is 17.2 Å². The highest BCUT2D eigenvalue weighted by atomic mass is 35.5. The van der Waals surface area contributed by atoms with Crippen molar-refractivity contribution in [3.8, 4) is 0 Å². The van der Waals surface area contributed by atoms with E-state index in [0.29, 0.717) is 0 Å². The number of rotatable bonds is 3. The zero-order valence-corrected chi connectivity index (χ0v) is 10.8. The fourth-order valence-electron chi connectivity index (χ4n) is 1.45. The highest BCUT2D eigenvalue weighted by Gasteiger charge is 2.01. The summed E-state index contributed by atoms with van der Waals surface area (Å²) in [5.74, 6) is 0. The molecule has 2 nitrogen and oxygen atoms in total. The lowest BCUT2D eigenvalue weighted by atomic mass is 10.2. The number of benzene rings is 1. The SMILES string of the molecule is Cc1ncc(CNc2cc(Cl)ccc2C)s1. The molecule has 0 aliphatic heterocycles. The third kappa shape index (κ3) is 2.74. The van der Waals surface area contributed by atoms with Crippen molar-refractivity contribution in [2.24, 2.45) is 0 Å². The number of thiazole rings is 1. The van der Waals surface area contributed by atoms with Crippen LogP contribution >= 0.6 is 22.9 Å². The van der Waals surface area contributed by atoms with Crippen LogP contribution in [0.25, 0.3) is 0 Å². The molecule has 1 heterocycles. The van der Waals surface area contributed by atoms with Gasteiger partial charge in [-0.15, -0.1) is 11.3 Å². The van der Waals surface area contributed by atoms with Gasteiger partial charge in [0.05, 0.1) is 11.6 Å². The lowest BCUT2D eigenvalue weighted by Gasteiger charge is -2.08. The van der Waals surface area contributed by atoms with E-state index >= 15 is 0 Å². The predicted octanol–water partition coefficient (Wildman–Crippen LogP) is 4.03. The molecular weight excluding hydrogens is 240 g/mol. The summed E-state index contributed by atoms with van der Waals surface area (Å²) in [6, 6.07) is 5.87. The Hall–Kier alpha value is -1.06. The molecule has 0 saturated carbocycles. The third-order valence-corrected chi connectivity index (χ3v) is 3.47. The molecule has 0 spiro atoms. The Morgan fingerprint density at radius 1 is 1.38 bits per heavy atom. The first-order chi connectivity index (χ1) is 7.65. The van der Waals surface area contributed by atoms with Crippen molar-refractivity contribution in [1.29, 1.82) is 0 Å². The Bertz CT molecular complexity index is 494. The summed E-state index contributed by atoms with van der Waals surface area (Å²) in [6.07, 6.45) is 1.91. The van der Waals surface area contributed by atoms with Crippen LogP contribution in [0.15, 0.2) is 24.4 Å².